The summed E-state index contributed by atoms with van der Waals surface area (Å²) in [5.41, 5.74) is 9.98. The van der Waals surface area contributed by atoms with E-state index < -0.39 is 0 Å². The highest BCUT2D eigenvalue weighted by atomic mass is 16.5. The summed E-state index contributed by atoms with van der Waals surface area (Å²) in [6.45, 7) is 4.33. The maximum absolute atomic E-state index is 12.8. The van der Waals surface area contributed by atoms with Crippen LogP contribution in [0.3, 0.4) is 0 Å². The average molecular weight is 425 g/mol. The van der Waals surface area contributed by atoms with Crippen LogP contribution in [-0.2, 0) is 9.59 Å². The molecule has 0 unspecified atom stereocenters. The first kappa shape index (κ1) is 22.2. The molecular formula is C23H28N4O4. The largest absolute Gasteiger partial charge is 0.493 e. The Labute approximate surface area is 182 Å². The van der Waals surface area contributed by atoms with Crippen molar-refractivity contribution in [3.63, 3.8) is 0 Å². The van der Waals surface area contributed by atoms with Gasteiger partial charge in [-0.15, -0.1) is 0 Å². The van der Waals surface area contributed by atoms with Crippen molar-refractivity contribution in [1.82, 2.24) is 0 Å². The first-order chi connectivity index (χ1) is 14.9. The third kappa shape index (κ3) is 4.49. The van der Waals surface area contributed by atoms with Gasteiger partial charge in [0, 0.05) is 48.7 Å². The van der Waals surface area contributed by atoms with Gasteiger partial charge in [0.2, 0.25) is 5.91 Å². The van der Waals surface area contributed by atoms with Gasteiger partial charge in [0.05, 0.1) is 25.5 Å². The molecule has 8 nitrogen and oxygen atoms in total. The van der Waals surface area contributed by atoms with Crippen molar-refractivity contribution < 1.29 is 19.1 Å². The smallest absolute Gasteiger partial charge is 0.258 e. The van der Waals surface area contributed by atoms with Crippen molar-refractivity contribution in [3.8, 4) is 11.5 Å². The van der Waals surface area contributed by atoms with E-state index in [1.54, 1.807) is 31.3 Å². The average Bonchev–Trinajstić information content (AvgIpc) is 3.09. The van der Waals surface area contributed by atoms with Crippen molar-refractivity contribution in [2.24, 2.45) is 5.73 Å². The summed E-state index contributed by atoms with van der Waals surface area (Å²) in [5.74, 6) is 0.860. The van der Waals surface area contributed by atoms with E-state index in [1.165, 1.54) is 6.92 Å². The van der Waals surface area contributed by atoms with Crippen molar-refractivity contribution in [2.45, 2.75) is 20.3 Å². The summed E-state index contributed by atoms with van der Waals surface area (Å²) in [4.78, 5) is 26.2. The molecule has 2 aromatic carbocycles. The number of hydrogen-bond acceptors (Lipinski definition) is 6. The second-order valence-electron chi connectivity index (χ2n) is 7.05. The van der Waals surface area contributed by atoms with E-state index in [2.05, 4.69) is 10.6 Å². The molecule has 31 heavy (non-hydrogen) atoms. The zero-order valence-corrected chi connectivity index (χ0v) is 18.2. The zero-order chi connectivity index (χ0) is 22.5. The second kappa shape index (κ2) is 9.53. The number of ether oxygens (including phenoxy) is 2. The van der Waals surface area contributed by atoms with E-state index in [-0.39, 0.29) is 11.8 Å². The number of anilines is 3. The van der Waals surface area contributed by atoms with Crippen molar-refractivity contribution in [2.75, 3.05) is 42.8 Å². The van der Waals surface area contributed by atoms with E-state index in [1.807, 2.05) is 31.2 Å². The molecule has 0 bridgehead atoms. The van der Waals surface area contributed by atoms with E-state index in [4.69, 9.17) is 15.2 Å². The van der Waals surface area contributed by atoms with Crippen LogP contribution in [0, 0.1) is 0 Å². The van der Waals surface area contributed by atoms with Crippen molar-refractivity contribution in [1.29, 1.82) is 0 Å². The Morgan fingerprint density at radius 2 is 1.77 bits per heavy atom. The number of allylic oxidation sites excluding steroid dienone is 1. The Hall–Kier alpha value is -3.52. The summed E-state index contributed by atoms with van der Waals surface area (Å²) < 4.78 is 10.7. The fourth-order valence-electron chi connectivity index (χ4n) is 3.62. The standard InChI is InChI=1S/C23H28N4O4/c1-5-18(25-15-6-8-16(9-7-15)27(11-10-24)14(2)28)22-17-12-20(30-3)21(31-4)13-19(17)26-23(22)29/h6-9,12-13,25H,5,10-11,24H2,1-4H3,(H,26,29)/b22-18-. The van der Waals surface area contributed by atoms with Gasteiger partial charge in [-0.25, -0.2) is 0 Å². The highest BCUT2D eigenvalue weighted by Crippen LogP contribution is 2.42. The number of benzene rings is 2. The summed E-state index contributed by atoms with van der Waals surface area (Å²) in [5, 5.41) is 6.25. The highest BCUT2D eigenvalue weighted by Gasteiger charge is 2.29. The van der Waals surface area contributed by atoms with Gasteiger partial charge >= 0.3 is 0 Å². The van der Waals surface area contributed by atoms with Gasteiger partial charge in [-0.05, 0) is 36.8 Å². The van der Waals surface area contributed by atoms with Gasteiger partial charge in [-0.2, -0.15) is 0 Å². The van der Waals surface area contributed by atoms with Crippen LogP contribution in [0.2, 0.25) is 0 Å². The molecule has 1 aliphatic heterocycles. The Kier molecular flexibility index (Phi) is 6.81. The van der Waals surface area contributed by atoms with Gasteiger partial charge in [0.25, 0.3) is 5.91 Å². The lowest BCUT2D eigenvalue weighted by Gasteiger charge is -2.21. The molecule has 1 heterocycles. The van der Waals surface area contributed by atoms with Crippen LogP contribution in [0.25, 0.3) is 5.57 Å². The molecule has 0 radical (unpaired) electrons. The maximum atomic E-state index is 12.8. The van der Waals surface area contributed by atoms with Crippen molar-refractivity contribution >= 4 is 34.4 Å². The molecule has 164 valence electrons. The summed E-state index contributed by atoms with van der Waals surface area (Å²) >= 11 is 0. The molecule has 0 saturated carbocycles. The van der Waals surface area contributed by atoms with E-state index in [0.717, 1.165) is 22.6 Å². The first-order valence-electron chi connectivity index (χ1n) is 10.1. The van der Waals surface area contributed by atoms with Gasteiger partial charge in [-0.3, -0.25) is 9.59 Å². The van der Waals surface area contributed by atoms with E-state index in [0.29, 0.717) is 42.3 Å². The number of nitrogens with one attached hydrogen (secondary N) is 2. The lowest BCUT2D eigenvalue weighted by Crippen LogP contribution is -2.33. The number of carbonyl (C=O) groups is 2. The van der Waals surface area contributed by atoms with Crippen LogP contribution >= 0.6 is 0 Å². The lowest BCUT2D eigenvalue weighted by molar-refractivity contribution is -0.116. The molecule has 0 atom stereocenters. The molecular weight excluding hydrogens is 396 g/mol. The van der Waals surface area contributed by atoms with Gasteiger partial charge < -0.3 is 30.7 Å². The topological polar surface area (TPSA) is 106 Å². The van der Waals surface area contributed by atoms with Gasteiger partial charge in [0.15, 0.2) is 11.5 Å². The molecule has 0 saturated heterocycles. The Morgan fingerprint density at radius 3 is 2.32 bits per heavy atom. The normalized spacial score (nSPS) is 13.9. The predicted octanol–water partition coefficient (Wildman–Crippen LogP) is 3.20. The third-order valence-electron chi connectivity index (χ3n) is 5.13. The monoisotopic (exact) mass is 424 g/mol. The van der Waals surface area contributed by atoms with Crippen LogP contribution in [-0.4, -0.2) is 39.1 Å². The lowest BCUT2D eigenvalue weighted by atomic mass is 10.0. The Bertz CT molecular complexity index is 1010. The first-order valence-corrected chi connectivity index (χ1v) is 10.1. The van der Waals surface area contributed by atoms with Crippen LogP contribution in [0.5, 0.6) is 11.5 Å². The van der Waals surface area contributed by atoms with Gasteiger partial charge in [-0.1, -0.05) is 6.92 Å². The summed E-state index contributed by atoms with van der Waals surface area (Å²) in [6, 6.07) is 11.0. The minimum absolute atomic E-state index is 0.0638. The molecule has 1 aliphatic rings. The molecule has 0 fully saturated rings. The van der Waals surface area contributed by atoms with E-state index in [9.17, 15) is 9.59 Å². The number of amides is 2. The fourth-order valence-corrected chi connectivity index (χ4v) is 3.62. The minimum Gasteiger partial charge on any atom is -0.493 e. The molecule has 0 aliphatic carbocycles. The van der Waals surface area contributed by atoms with Crippen molar-refractivity contribution in [3.05, 3.63) is 47.7 Å². The third-order valence-corrected chi connectivity index (χ3v) is 5.13. The molecule has 8 heteroatoms. The predicted molar refractivity (Wildman–Crippen MR) is 123 cm³/mol. The number of methoxy groups -OCH3 is 2. The molecule has 3 rings (SSSR count). The number of hydrogen-bond donors (Lipinski definition) is 3. The van der Waals surface area contributed by atoms with Crippen LogP contribution in [0.15, 0.2) is 42.1 Å². The zero-order valence-electron chi connectivity index (χ0n) is 18.2. The number of carbonyl (C=O) groups excluding carboxylic acids is 2. The molecule has 0 spiro atoms. The van der Waals surface area contributed by atoms with Crippen LogP contribution in [0.4, 0.5) is 17.1 Å². The van der Waals surface area contributed by atoms with Gasteiger partial charge in [0.1, 0.15) is 0 Å². The van der Waals surface area contributed by atoms with E-state index >= 15 is 0 Å². The molecule has 2 aromatic rings. The fraction of sp³-hybridized carbons (Fsp3) is 0.304. The maximum Gasteiger partial charge on any atom is 0.258 e. The highest BCUT2D eigenvalue weighted by molar-refractivity contribution is 6.32. The number of nitrogens with zero attached hydrogens (tertiary/aromatic N) is 1. The SMILES string of the molecule is CC/C(Nc1ccc(N(CCN)C(C)=O)cc1)=C1/C(=O)Nc2cc(OC)c(OC)cc21. The van der Waals surface area contributed by atoms with Crippen LogP contribution < -0.4 is 30.7 Å². The molecule has 0 aromatic heterocycles. The van der Waals surface area contributed by atoms with Crippen LogP contribution in [0.1, 0.15) is 25.8 Å². The Morgan fingerprint density at radius 1 is 1.13 bits per heavy atom. The minimum atomic E-state index is -0.183. The second-order valence-corrected chi connectivity index (χ2v) is 7.05. The molecule has 2 amide bonds. The number of rotatable bonds is 8. The quantitative estimate of drug-likeness (QED) is 0.562. The molecule has 4 N–H and O–H groups in total. The Balaban J connectivity index is 1.94. The number of nitrogens with two attached hydrogens (primary N) is 1. The summed E-state index contributed by atoms with van der Waals surface area (Å²) in [7, 11) is 3.12. The summed E-state index contributed by atoms with van der Waals surface area (Å²) in [6.07, 6.45) is 0.616. The number of fused-ring (bicyclic) bond motifs is 1.